The van der Waals surface area contributed by atoms with Crippen molar-refractivity contribution in [3.8, 4) is 11.1 Å². The summed E-state index contributed by atoms with van der Waals surface area (Å²) < 4.78 is 2.11. The van der Waals surface area contributed by atoms with Crippen LogP contribution < -0.4 is 24.8 Å². The summed E-state index contributed by atoms with van der Waals surface area (Å²) in [5, 5.41) is 0. The number of allylic oxidation sites excluding steroid dienone is 4. The first-order valence-electron chi connectivity index (χ1n) is 14.2. The van der Waals surface area contributed by atoms with Crippen LogP contribution in [0.5, 0.6) is 0 Å². The zero-order valence-electron chi connectivity index (χ0n) is 23.3. The number of benzene rings is 4. The number of halogens is 2. The van der Waals surface area contributed by atoms with Crippen molar-refractivity contribution >= 4 is 8.78 Å². The van der Waals surface area contributed by atoms with E-state index >= 15 is 0 Å². The molecule has 40 heavy (non-hydrogen) atoms. The second-order valence-corrected chi connectivity index (χ2v) is 13.8. The molecule has 0 nitrogen and oxygen atoms in total. The molecule has 0 amide bonds. The Morgan fingerprint density at radius 2 is 1.30 bits per heavy atom. The van der Waals surface area contributed by atoms with Crippen LogP contribution in [0.15, 0.2) is 109 Å². The van der Waals surface area contributed by atoms with Crippen LogP contribution in [0, 0.1) is 0 Å². The summed E-state index contributed by atoms with van der Waals surface area (Å²) in [5.74, 6) is 0. The second-order valence-electron chi connectivity index (χ2n) is 10.5. The maximum Gasteiger partial charge on any atom is -1.00 e. The first-order valence-corrected chi connectivity index (χ1v) is 16.8. The number of hydrogen-bond donors (Lipinski definition) is 0. The molecule has 0 N–H and O–H groups in total. The van der Waals surface area contributed by atoms with E-state index in [1.165, 1.54) is 35.1 Å². The summed E-state index contributed by atoms with van der Waals surface area (Å²) >= 11 is -1.14. The Morgan fingerprint density at radius 1 is 0.725 bits per heavy atom. The van der Waals surface area contributed by atoms with Crippen LogP contribution in [0.25, 0.3) is 16.7 Å². The van der Waals surface area contributed by atoms with E-state index in [4.69, 9.17) is 0 Å². The van der Waals surface area contributed by atoms with Gasteiger partial charge >= 0.3 is 240 Å². The topological polar surface area (TPSA) is 0 Å². The largest absolute Gasteiger partial charge is 1.00 e. The zero-order valence-corrected chi connectivity index (χ0v) is 27.2. The number of hydrogen-bond acceptors (Lipinski definition) is 0. The van der Waals surface area contributed by atoms with Gasteiger partial charge in [0.25, 0.3) is 0 Å². The van der Waals surface area contributed by atoms with Gasteiger partial charge in [-0.1, -0.05) is 0 Å². The van der Waals surface area contributed by atoms with Crippen molar-refractivity contribution < 1.29 is 47.6 Å². The van der Waals surface area contributed by atoms with Gasteiger partial charge in [0.05, 0.1) is 0 Å². The molecule has 2 aliphatic carbocycles. The second kappa shape index (κ2) is 14.0. The molecule has 201 valence electrons. The Kier molecular flexibility index (Phi) is 10.8. The molecule has 0 bridgehead atoms. The maximum absolute atomic E-state index is 2.59. The zero-order chi connectivity index (χ0) is 25.9. The van der Waals surface area contributed by atoms with Gasteiger partial charge in [0.15, 0.2) is 0 Å². The van der Waals surface area contributed by atoms with Crippen molar-refractivity contribution in [1.29, 1.82) is 0 Å². The Balaban J connectivity index is 0.00000185. The minimum atomic E-state index is -1.14. The van der Waals surface area contributed by atoms with Gasteiger partial charge in [0, 0.05) is 0 Å². The molecule has 0 aliphatic heterocycles. The maximum atomic E-state index is 2.59. The Bertz CT molecular complexity index is 1510. The first kappa shape index (κ1) is 30.6. The molecular formula is C37H35Cl2Zr. The van der Waals surface area contributed by atoms with Crippen LogP contribution in [0.4, 0.5) is 0 Å². The summed E-state index contributed by atoms with van der Waals surface area (Å²) in [6.07, 6.45) is 12.7. The van der Waals surface area contributed by atoms with Crippen molar-refractivity contribution in [2.24, 2.45) is 0 Å². The fraction of sp³-hybridized carbons (Fsp3) is 0.216. The third-order valence-corrected chi connectivity index (χ3v) is 12.2. The fourth-order valence-electron chi connectivity index (χ4n) is 6.35. The quantitative estimate of drug-likeness (QED) is 0.277. The first-order chi connectivity index (χ1) is 18.8. The SMILES string of the molecule is CCCc1cc(CCC)c2c(c1C1=CC=CC1)[CH]([Zr+2]=[C](c1ccccc1)c1ccccc1)c1ccccc1-2.[Cl-].[Cl-]. The van der Waals surface area contributed by atoms with Crippen molar-refractivity contribution in [2.45, 2.75) is 49.6 Å². The van der Waals surface area contributed by atoms with Gasteiger partial charge in [0.2, 0.25) is 0 Å². The third-order valence-electron chi connectivity index (χ3n) is 7.90. The van der Waals surface area contributed by atoms with Crippen LogP contribution >= 0.6 is 0 Å². The van der Waals surface area contributed by atoms with E-state index in [0.29, 0.717) is 3.63 Å². The molecule has 0 radical (unpaired) electrons. The summed E-state index contributed by atoms with van der Waals surface area (Å²) in [7, 11) is 0. The summed E-state index contributed by atoms with van der Waals surface area (Å²) in [5.41, 5.74) is 15.3. The molecule has 2 aliphatic rings. The van der Waals surface area contributed by atoms with E-state index in [2.05, 4.69) is 123 Å². The Labute approximate surface area is 263 Å². The molecule has 0 spiro atoms. The van der Waals surface area contributed by atoms with Crippen molar-refractivity contribution in [3.05, 3.63) is 148 Å². The van der Waals surface area contributed by atoms with Crippen molar-refractivity contribution in [2.75, 3.05) is 0 Å². The predicted octanol–water partition coefficient (Wildman–Crippen LogP) is 3.36. The van der Waals surface area contributed by atoms with E-state index in [9.17, 15) is 0 Å². The summed E-state index contributed by atoms with van der Waals surface area (Å²) in [6.45, 7) is 4.66. The molecule has 1 atom stereocenters. The number of fused-ring (bicyclic) bond motifs is 3. The van der Waals surface area contributed by atoms with Gasteiger partial charge in [0.1, 0.15) is 0 Å². The smallest absolute Gasteiger partial charge is 1.00 e. The van der Waals surface area contributed by atoms with E-state index in [1.54, 1.807) is 36.6 Å². The van der Waals surface area contributed by atoms with Gasteiger partial charge in [-0.3, -0.25) is 0 Å². The molecule has 0 aromatic heterocycles. The fourth-order valence-corrected chi connectivity index (χ4v) is 10.8. The van der Waals surface area contributed by atoms with Crippen molar-refractivity contribution in [3.63, 3.8) is 0 Å². The molecule has 0 saturated heterocycles. The Hall–Kier alpha value is -2.31. The van der Waals surface area contributed by atoms with Gasteiger partial charge in [-0.2, -0.15) is 0 Å². The molecule has 0 heterocycles. The van der Waals surface area contributed by atoms with Gasteiger partial charge in [-0.25, -0.2) is 0 Å². The molecule has 1 unspecified atom stereocenters. The minimum absolute atomic E-state index is 0. The summed E-state index contributed by atoms with van der Waals surface area (Å²) in [6, 6.07) is 34.3. The summed E-state index contributed by atoms with van der Waals surface area (Å²) in [4.78, 5) is 0. The average Bonchev–Trinajstić information content (AvgIpc) is 3.60. The standard InChI is InChI=1S/C24H25.C13H10.2ClH.Zr/c1-3-9-19-15-20(10-4-2)24-21-14-8-7-13-18(21)16-22(24)23(19)17-11-5-6-12-17;1-3-7-12(8-4-1)11-13-9-5-2-6-10-13;;;/h5-8,11,13-16H,3-4,9-10,12H2,1-2H3;1-10H;2*1H;/q;;;;+2/p-2. The van der Waals surface area contributed by atoms with E-state index in [1.807, 2.05) is 0 Å². The average molecular weight is 642 g/mol. The van der Waals surface area contributed by atoms with Gasteiger partial charge in [-0.05, 0) is 0 Å². The normalized spacial score (nSPS) is 14.3. The van der Waals surface area contributed by atoms with Crippen LogP contribution in [0.3, 0.4) is 0 Å². The molecule has 0 fully saturated rings. The van der Waals surface area contributed by atoms with Crippen LogP contribution in [0.1, 0.15) is 75.7 Å². The van der Waals surface area contributed by atoms with E-state index in [0.717, 1.165) is 19.3 Å². The molecular weight excluding hydrogens is 607 g/mol. The van der Waals surface area contributed by atoms with E-state index in [-0.39, 0.29) is 24.8 Å². The van der Waals surface area contributed by atoms with Crippen LogP contribution in [-0.2, 0) is 35.6 Å². The van der Waals surface area contributed by atoms with E-state index < -0.39 is 22.8 Å². The van der Waals surface area contributed by atoms with Crippen LogP contribution in [0.2, 0.25) is 0 Å². The Morgan fingerprint density at radius 3 is 1.88 bits per heavy atom. The van der Waals surface area contributed by atoms with Crippen LogP contribution in [-0.4, -0.2) is 3.21 Å². The third kappa shape index (κ3) is 5.85. The number of aryl methyl sites for hydroxylation is 2. The molecule has 6 rings (SSSR count). The monoisotopic (exact) mass is 639 g/mol. The number of rotatable bonds is 8. The van der Waals surface area contributed by atoms with Gasteiger partial charge < -0.3 is 24.8 Å². The predicted molar refractivity (Wildman–Crippen MR) is 160 cm³/mol. The molecule has 0 saturated carbocycles. The minimum Gasteiger partial charge on any atom is -1.00 e. The molecule has 3 heteroatoms. The van der Waals surface area contributed by atoms with Crippen molar-refractivity contribution in [1.82, 2.24) is 0 Å². The molecule has 4 aromatic rings. The van der Waals surface area contributed by atoms with Gasteiger partial charge in [-0.15, -0.1) is 0 Å². The molecule has 4 aromatic carbocycles.